The third-order valence-electron chi connectivity index (χ3n) is 2.38. The molecule has 0 bridgehead atoms. The molecule has 90 valence electrons. The summed E-state index contributed by atoms with van der Waals surface area (Å²) in [5.74, 6) is 0. The maximum atomic E-state index is 11.6. The Morgan fingerprint density at radius 1 is 1.12 bits per heavy atom. The highest BCUT2D eigenvalue weighted by Gasteiger charge is 2.14. The molecule has 1 aromatic carbocycles. The lowest BCUT2D eigenvalue weighted by Gasteiger charge is -2.10. The van der Waals surface area contributed by atoms with Crippen LogP contribution in [0, 0.1) is 13.8 Å². The van der Waals surface area contributed by atoms with E-state index in [1.807, 2.05) is 26.0 Å². The molecule has 1 rings (SSSR count). The monoisotopic (exact) mass is 241 g/mol. The van der Waals surface area contributed by atoms with Crippen LogP contribution in [0.15, 0.2) is 18.2 Å². The van der Waals surface area contributed by atoms with Crippen molar-refractivity contribution in [2.24, 2.45) is 0 Å². The first-order valence-electron chi connectivity index (χ1n) is 5.37. The summed E-state index contributed by atoms with van der Waals surface area (Å²) in [5.41, 5.74) is 3.30. The fourth-order valence-electron chi connectivity index (χ4n) is 1.52. The predicted octanol–water partition coefficient (Wildman–Crippen LogP) is 2.13. The van der Waals surface area contributed by atoms with Crippen LogP contribution in [-0.2, 0) is 16.6 Å². The largest absolute Gasteiger partial charge is 0.214 e. The highest BCUT2D eigenvalue weighted by Crippen LogP contribution is 2.09. The lowest BCUT2D eigenvalue weighted by Crippen LogP contribution is -2.30. The van der Waals surface area contributed by atoms with Crippen molar-refractivity contribution in [3.63, 3.8) is 0 Å². The first-order valence-corrected chi connectivity index (χ1v) is 6.91. The minimum atomic E-state index is -3.17. The molecule has 3 nitrogen and oxygen atoms in total. The van der Waals surface area contributed by atoms with Gasteiger partial charge in [0.15, 0.2) is 0 Å². The Morgan fingerprint density at radius 2 is 1.62 bits per heavy atom. The Hall–Kier alpha value is -0.870. The van der Waals surface area contributed by atoms with Crippen molar-refractivity contribution in [1.82, 2.24) is 4.72 Å². The first-order chi connectivity index (χ1) is 7.31. The van der Waals surface area contributed by atoms with Crippen molar-refractivity contribution in [2.75, 3.05) is 0 Å². The lowest BCUT2D eigenvalue weighted by atomic mass is 10.1. The van der Waals surface area contributed by atoms with E-state index in [4.69, 9.17) is 0 Å². The predicted molar refractivity (Wildman–Crippen MR) is 66.8 cm³/mol. The molecule has 0 heterocycles. The van der Waals surface area contributed by atoms with Crippen LogP contribution >= 0.6 is 0 Å². The molecule has 0 radical (unpaired) electrons. The van der Waals surface area contributed by atoms with E-state index in [2.05, 4.69) is 10.8 Å². The van der Waals surface area contributed by atoms with E-state index in [1.54, 1.807) is 13.8 Å². The fourth-order valence-corrected chi connectivity index (χ4v) is 2.22. The Labute approximate surface area is 97.9 Å². The van der Waals surface area contributed by atoms with Crippen molar-refractivity contribution in [3.8, 4) is 0 Å². The van der Waals surface area contributed by atoms with Crippen LogP contribution in [-0.4, -0.2) is 13.7 Å². The Balaban J connectivity index is 2.76. The second kappa shape index (κ2) is 4.97. The summed E-state index contributed by atoms with van der Waals surface area (Å²) < 4.78 is 25.7. The molecule has 0 saturated carbocycles. The van der Waals surface area contributed by atoms with Crippen LogP contribution in [0.25, 0.3) is 0 Å². The second-order valence-corrected chi connectivity index (χ2v) is 6.73. The highest BCUT2D eigenvalue weighted by molar-refractivity contribution is 7.90. The van der Waals surface area contributed by atoms with Crippen LogP contribution in [0.5, 0.6) is 0 Å². The Kier molecular flexibility index (Phi) is 4.10. The van der Waals surface area contributed by atoms with Gasteiger partial charge in [-0.2, -0.15) is 0 Å². The van der Waals surface area contributed by atoms with E-state index >= 15 is 0 Å². The summed E-state index contributed by atoms with van der Waals surface area (Å²) in [6.07, 6.45) is 0. The van der Waals surface area contributed by atoms with Gasteiger partial charge < -0.3 is 0 Å². The van der Waals surface area contributed by atoms with Crippen LogP contribution in [0.1, 0.15) is 30.5 Å². The topological polar surface area (TPSA) is 46.2 Å². The molecule has 0 amide bonds. The van der Waals surface area contributed by atoms with Crippen molar-refractivity contribution in [2.45, 2.75) is 39.5 Å². The fraction of sp³-hybridized carbons (Fsp3) is 0.500. The molecular formula is C12H19NO2S. The third kappa shape index (κ3) is 3.61. The number of benzene rings is 1. The first kappa shape index (κ1) is 13.2. The van der Waals surface area contributed by atoms with Crippen LogP contribution < -0.4 is 4.72 Å². The summed E-state index contributed by atoms with van der Waals surface area (Å²) in [6.45, 7) is 7.72. The molecule has 4 heteroatoms. The number of nitrogens with one attached hydrogen (secondary N) is 1. The van der Waals surface area contributed by atoms with Crippen molar-refractivity contribution >= 4 is 10.0 Å². The molecule has 1 aromatic rings. The van der Waals surface area contributed by atoms with Crippen molar-refractivity contribution < 1.29 is 8.42 Å². The van der Waals surface area contributed by atoms with E-state index in [0.29, 0.717) is 6.54 Å². The highest BCUT2D eigenvalue weighted by atomic mass is 32.2. The van der Waals surface area contributed by atoms with Gasteiger partial charge in [-0.1, -0.05) is 29.3 Å². The van der Waals surface area contributed by atoms with Crippen molar-refractivity contribution in [3.05, 3.63) is 34.9 Å². The zero-order valence-corrected chi connectivity index (χ0v) is 11.1. The minimum Gasteiger partial charge on any atom is -0.212 e. The molecule has 0 atom stereocenters. The minimum absolute atomic E-state index is 0.364. The molecule has 0 fully saturated rings. The summed E-state index contributed by atoms with van der Waals surface area (Å²) in [7, 11) is -3.17. The van der Waals surface area contributed by atoms with Crippen LogP contribution in [0.3, 0.4) is 0 Å². The van der Waals surface area contributed by atoms with Gasteiger partial charge in [-0.3, -0.25) is 0 Å². The Bertz CT molecular complexity index is 444. The van der Waals surface area contributed by atoms with Gasteiger partial charge in [0.2, 0.25) is 10.0 Å². The van der Waals surface area contributed by atoms with E-state index < -0.39 is 15.3 Å². The molecule has 16 heavy (non-hydrogen) atoms. The molecule has 0 saturated heterocycles. The average molecular weight is 241 g/mol. The van der Waals surface area contributed by atoms with Gasteiger partial charge in [0, 0.05) is 6.54 Å². The third-order valence-corrected chi connectivity index (χ3v) is 4.17. The van der Waals surface area contributed by atoms with Gasteiger partial charge in [-0.05, 0) is 33.3 Å². The molecule has 0 spiro atoms. The maximum absolute atomic E-state index is 11.6. The molecule has 1 N–H and O–H groups in total. The zero-order valence-electron chi connectivity index (χ0n) is 10.2. The molecule has 0 aliphatic rings. The number of rotatable bonds is 4. The summed E-state index contributed by atoms with van der Waals surface area (Å²) in [6, 6.07) is 6.06. The molecule has 0 aliphatic carbocycles. The van der Waals surface area contributed by atoms with Gasteiger partial charge in [-0.25, -0.2) is 13.1 Å². The standard InChI is InChI=1S/C12H19NO2S/c1-9(2)16(14,15)13-8-12-6-10(3)5-11(4)7-12/h5-7,9,13H,8H2,1-4H3. The summed E-state index contributed by atoms with van der Waals surface area (Å²) >= 11 is 0. The van der Waals surface area contributed by atoms with Gasteiger partial charge in [0.1, 0.15) is 0 Å². The van der Waals surface area contributed by atoms with Gasteiger partial charge in [0.05, 0.1) is 5.25 Å². The van der Waals surface area contributed by atoms with E-state index in [-0.39, 0.29) is 0 Å². The van der Waals surface area contributed by atoms with Crippen LogP contribution in [0.2, 0.25) is 0 Å². The lowest BCUT2D eigenvalue weighted by molar-refractivity contribution is 0.572. The summed E-state index contributed by atoms with van der Waals surface area (Å²) in [4.78, 5) is 0. The van der Waals surface area contributed by atoms with Gasteiger partial charge in [0.25, 0.3) is 0 Å². The van der Waals surface area contributed by atoms with E-state index in [0.717, 1.165) is 16.7 Å². The van der Waals surface area contributed by atoms with E-state index in [1.165, 1.54) is 0 Å². The van der Waals surface area contributed by atoms with Crippen LogP contribution in [0.4, 0.5) is 0 Å². The smallest absolute Gasteiger partial charge is 0.212 e. The molecule has 0 aromatic heterocycles. The van der Waals surface area contributed by atoms with Gasteiger partial charge in [-0.15, -0.1) is 0 Å². The van der Waals surface area contributed by atoms with Crippen molar-refractivity contribution in [1.29, 1.82) is 0 Å². The quantitative estimate of drug-likeness (QED) is 0.877. The second-order valence-electron chi connectivity index (χ2n) is 4.41. The number of aryl methyl sites for hydroxylation is 2. The molecular weight excluding hydrogens is 222 g/mol. The molecule has 0 aliphatic heterocycles. The van der Waals surface area contributed by atoms with Gasteiger partial charge >= 0.3 is 0 Å². The number of sulfonamides is 1. The zero-order chi connectivity index (χ0) is 12.3. The van der Waals surface area contributed by atoms with E-state index in [9.17, 15) is 8.42 Å². The average Bonchev–Trinajstić information content (AvgIpc) is 2.13. The maximum Gasteiger partial charge on any atom is 0.214 e. The SMILES string of the molecule is Cc1cc(C)cc(CNS(=O)(=O)C(C)C)c1. The normalized spacial score (nSPS) is 12.1. The number of hydrogen-bond acceptors (Lipinski definition) is 2. The number of hydrogen-bond donors (Lipinski definition) is 1. The summed E-state index contributed by atoms with van der Waals surface area (Å²) in [5, 5.41) is -0.390. The molecule has 0 unspecified atom stereocenters. The Morgan fingerprint density at radius 3 is 2.06 bits per heavy atom.